The van der Waals surface area contributed by atoms with Gasteiger partial charge in [-0.25, -0.2) is 4.39 Å². The van der Waals surface area contributed by atoms with Crippen molar-refractivity contribution in [3.8, 4) is 5.75 Å². The minimum absolute atomic E-state index is 0.113. The van der Waals surface area contributed by atoms with Crippen LogP contribution in [0.3, 0.4) is 0 Å². The number of quaternary nitrogens is 1. The molecule has 1 amide bonds. The van der Waals surface area contributed by atoms with Crippen molar-refractivity contribution in [2.24, 2.45) is 0 Å². The van der Waals surface area contributed by atoms with Gasteiger partial charge in [-0.3, -0.25) is 4.79 Å². The number of ether oxygens (including phenoxy) is 1. The summed E-state index contributed by atoms with van der Waals surface area (Å²) < 4.78 is 21.2. The predicted octanol–water partition coefficient (Wildman–Crippen LogP) is 2.37. The van der Waals surface area contributed by atoms with E-state index in [4.69, 9.17) is 4.74 Å². The largest absolute Gasteiger partial charge is 0.496 e. The van der Waals surface area contributed by atoms with Crippen molar-refractivity contribution in [1.29, 1.82) is 0 Å². The van der Waals surface area contributed by atoms with Crippen molar-refractivity contribution >= 4 is 5.91 Å². The third-order valence-electron chi connectivity index (χ3n) is 5.67. The van der Waals surface area contributed by atoms with Crippen molar-refractivity contribution in [1.82, 2.24) is 9.47 Å². The fourth-order valence-corrected chi connectivity index (χ4v) is 4.32. The topological polar surface area (TPSA) is 38.9 Å². The summed E-state index contributed by atoms with van der Waals surface area (Å²) in [5, 5.41) is 0. The van der Waals surface area contributed by atoms with E-state index in [1.165, 1.54) is 11.0 Å². The van der Waals surface area contributed by atoms with Crippen LogP contribution in [0, 0.1) is 19.7 Å². The van der Waals surface area contributed by atoms with Gasteiger partial charge < -0.3 is 19.1 Å². The zero-order valence-electron chi connectivity index (χ0n) is 17.5. The van der Waals surface area contributed by atoms with Crippen molar-refractivity contribution in [2.75, 3.05) is 33.3 Å². The van der Waals surface area contributed by atoms with Gasteiger partial charge in [-0.15, -0.1) is 0 Å². The lowest BCUT2D eigenvalue weighted by Crippen LogP contribution is -3.13. The molecule has 6 heteroatoms. The Morgan fingerprint density at radius 2 is 1.89 bits per heavy atom. The van der Waals surface area contributed by atoms with Gasteiger partial charge in [-0.05, 0) is 52.0 Å². The van der Waals surface area contributed by atoms with Crippen LogP contribution in [-0.4, -0.2) is 48.7 Å². The average molecular weight is 389 g/mol. The van der Waals surface area contributed by atoms with E-state index in [1.807, 2.05) is 17.9 Å². The highest BCUT2D eigenvalue weighted by Gasteiger charge is 2.28. The molecule has 2 aromatic rings. The number of carbonyl (C=O) groups excluding carboxylic acids is 1. The number of hydrogen-bond acceptors (Lipinski definition) is 2. The molecule has 2 heterocycles. The number of benzene rings is 1. The molecular formula is C22H31FN3O2+. The van der Waals surface area contributed by atoms with Gasteiger partial charge in [0.25, 0.3) is 5.91 Å². The molecule has 1 aromatic heterocycles. The lowest BCUT2D eigenvalue weighted by atomic mass is 10.1. The first kappa shape index (κ1) is 20.4. The summed E-state index contributed by atoms with van der Waals surface area (Å²) in [6.07, 6.45) is 0. The standard InChI is InChI=1S/C22H30FN3O2/c1-15(2)26-16(3)12-20(17(26)4)22(27)25-10-8-24(9-11-25)14-18-13-19(23)6-7-21(18)28-5/h6-7,12-13,15H,8-11,14H2,1-5H3/p+1. The molecule has 0 saturated carbocycles. The molecule has 3 rings (SSSR count). The molecule has 1 aliphatic rings. The van der Waals surface area contributed by atoms with Crippen molar-refractivity contribution in [3.63, 3.8) is 0 Å². The minimum atomic E-state index is -0.246. The number of halogens is 1. The van der Waals surface area contributed by atoms with E-state index in [0.717, 1.165) is 35.6 Å². The number of aryl methyl sites for hydroxylation is 1. The smallest absolute Gasteiger partial charge is 0.256 e. The molecule has 0 aliphatic carbocycles. The number of nitrogens with one attached hydrogen (secondary N) is 1. The van der Waals surface area contributed by atoms with Gasteiger partial charge in [0.1, 0.15) is 18.1 Å². The number of hydrogen-bond donors (Lipinski definition) is 1. The molecule has 28 heavy (non-hydrogen) atoms. The molecule has 1 saturated heterocycles. The Labute approximate surface area is 166 Å². The van der Waals surface area contributed by atoms with Crippen LogP contribution in [0.5, 0.6) is 5.75 Å². The first-order chi connectivity index (χ1) is 13.3. The first-order valence-corrected chi connectivity index (χ1v) is 9.95. The Hall–Kier alpha value is -2.34. The SMILES string of the molecule is COc1ccc(F)cc1C[NH+]1CCN(C(=O)c2cc(C)n(C(C)C)c2C)CC1. The van der Waals surface area contributed by atoms with E-state index in [1.54, 1.807) is 19.2 Å². The highest BCUT2D eigenvalue weighted by Crippen LogP contribution is 2.22. The van der Waals surface area contributed by atoms with E-state index in [-0.39, 0.29) is 11.7 Å². The van der Waals surface area contributed by atoms with Crippen LogP contribution in [0.2, 0.25) is 0 Å². The van der Waals surface area contributed by atoms with E-state index in [0.29, 0.717) is 31.4 Å². The fraction of sp³-hybridized carbons (Fsp3) is 0.500. The molecular weight excluding hydrogens is 357 g/mol. The molecule has 0 bridgehead atoms. The summed E-state index contributed by atoms with van der Waals surface area (Å²) in [6.45, 7) is 12.1. The van der Waals surface area contributed by atoms with E-state index in [2.05, 4.69) is 25.3 Å². The molecule has 152 valence electrons. The minimum Gasteiger partial charge on any atom is -0.496 e. The molecule has 1 N–H and O–H groups in total. The molecule has 0 spiro atoms. The second-order valence-corrected chi connectivity index (χ2v) is 7.92. The highest BCUT2D eigenvalue weighted by molar-refractivity contribution is 5.95. The summed E-state index contributed by atoms with van der Waals surface area (Å²) in [5.41, 5.74) is 3.84. The monoisotopic (exact) mass is 388 g/mol. The summed E-state index contributed by atoms with van der Waals surface area (Å²) in [6, 6.07) is 6.98. The number of carbonyl (C=O) groups is 1. The molecule has 1 aromatic carbocycles. The number of nitrogens with zero attached hydrogens (tertiary/aromatic N) is 2. The molecule has 0 unspecified atom stereocenters. The van der Waals surface area contributed by atoms with Gasteiger partial charge in [0.2, 0.25) is 0 Å². The number of amides is 1. The van der Waals surface area contributed by atoms with Crippen molar-refractivity contribution in [3.05, 3.63) is 52.6 Å². The number of methoxy groups -OCH3 is 1. The Kier molecular flexibility index (Phi) is 6.08. The molecule has 0 atom stereocenters. The second kappa shape index (κ2) is 8.35. The maximum atomic E-state index is 13.6. The summed E-state index contributed by atoms with van der Waals surface area (Å²) in [4.78, 5) is 16.3. The second-order valence-electron chi connectivity index (χ2n) is 7.92. The van der Waals surface area contributed by atoms with Crippen LogP contribution >= 0.6 is 0 Å². The molecule has 5 nitrogen and oxygen atoms in total. The lowest BCUT2D eigenvalue weighted by Gasteiger charge is -2.32. The number of rotatable bonds is 5. The average Bonchev–Trinajstić information content (AvgIpc) is 2.96. The molecule has 1 fully saturated rings. The van der Waals surface area contributed by atoms with Gasteiger partial charge in [0, 0.05) is 17.4 Å². The zero-order valence-corrected chi connectivity index (χ0v) is 17.5. The summed E-state index contributed by atoms with van der Waals surface area (Å²) in [7, 11) is 1.61. The maximum absolute atomic E-state index is 13.6. The van der Waals surface area contributed by atoms with Gasteiger partial charge in [0.15, 0.2) is 0 Å². The Balaban J connectivity index is 1.65. The van der Waals surface area contributed by atoms with Gasteiger partial charge in [0.05, 0.1) is 44.4 Å². The molecule has 1 aliphatic heterocycles. The van der Waals surface area contributed by atoms with Crippen LogP contribution in [0.25, 0.3) is 0 Å². The Morgan fingerprint density at radius 1 is 1.21 bits per heavy atom. The number of piperazine rings is 1. The summed E-state index contributed by atoms with van der Waals surface area (Å²) in [5.74, 6) is 0.584. The number of aromatic nitrogens is 1. The highest BCUT2D eigenvalue weighted by atomic mass is 19.1. The van der Waals surface area contributed by atoms with Crippen molar-refractivity contribution in [2.45, 2.75) is 40.3 Å². The van der Waals surface area contributed by atoms with Crippen LogP contribution in [0.15, 0.2) is 24.3 Å². The normalized spacial score (nSPS) is 15.3. The third-order valence-corrected chi connectivity index (χ3v) is 5.67. The van der Waals surface area contributed by atoms with Crippen LogP contribution in [0.1, 0.15) is 47.2 Å². The quantitative estimate of drug-likeness (QED) is 0.854. The molecule has 0 radical (unpaired) electrons. The van der Waals surface area contributed by atoms with E-state index >= 15 is 0 Å². The van der Waals surface area contributed by atoms with Crippen LogP contribution < -0.4 is 9.64 Å². The van der Waals surface area contributed by atoms with Crippen molar-refractivity contribution < 1.29 is 18.8 Å². The van der Waals surface area contributed by atoms with E-state index in [9.17, 15) is 9.18 Å². The van der Waals surface area contributed by atoms with Gasteiger partial charge in [-0.2, -0.15) is 0 Å². The summed E-state index contributed by atoms with van der Waals surface area (Å²) >= 11 is 0. The Morgan fingerprint density at radius 3 is 2.46 bits per heavy atom. The third kappa shape index (κ3) is 4.07. The fourth-order valence-electron chi connectivity index (χ4n) is 4.32. The Bertz CT molecular complexity index is 852. The van der Waals surface area contributed by atoms with Gasteiger partial charge in [-0.1, -0.05) is 0 Å². The predicted molar refractivity (Wildman–Crippen MR) is 108 cm³/mol. The maximum Gasteiger partial charge on any atom is 0.256 e. The first-order valence-electron chi connectivity index (χ1n) is 9.95. The zero-order chi connectivity index (χ0) is 20.4. The van der Waals surface area contributed by atoms with Crippen LogP contribution in [0.4, 0.5) is 4.39 Å². The lowest BCUT2D eigenvalue weighted by molar-refractivity contribution is -0.917. The van der Waals surface area contributed by atoms with Gasteiger partial charge >= 0.3 is 0 Å². The van der Waals surface area contributed by atoms with E-state index < -0.39 is 0 Å². The van der Waals surface area contributed by atoms with Crippen LogP contribution in [-0.2, 0) is 6.54 Å².